The van der Waals surface area contributed by atoms with E-state index in [0.29, 0.717) is 13.0 Å². The molecule has 0 radical (unpaired) electrons. The van der Waals surface area contributed by atoms with Gasteiger partial charge >= 0.3 is 0 Å². The first-order chi connectivity index (χ1) is 9.77. The molecule has 0 aromatic rings. The average molecular weight is 287 g/mol. The van der Waals surface area contributed by atoms with E-state index < -0.39 is 0 Å². The van der Waals surface area contributed by atoms with Crippen LogP contribution in [0.15, 0.2) is 0 Å². The molecule has 6 nitrogen and oxygen atoms in total. The lowest BCUT2D eigenvalue weighted by Crippen LogP contribution is -2.47. The molecule has 118 valence electrons. The summed E-state index contributed by atoms with van der Waals surface area (Å²) in [5.74, 6) is 0.264. The molecule has 20 heavy (non-hydrogen) atoms. The number of carbonyl (C=O) groups is 1. The maximum Gasteiger partial charge on any atom is 0.223 e. The van der Waals surface area contributed by atoms with E-state index in [9.17, 15) is 4.79 Å². The highest BCUT2D eigenvalue weighted by Gasteiger charge is 2.16. The van der Waals surface area contributed by atoms with E-state index in [0.717, 1.165) is 58.8 Å². The lowest BCUT2D eigenvalue weighted by Gasteiger charge is -2.29. The number of nitrogens with one attached hydrogen (secondary N) is 1. The van der Waals surface area contributed by atoms with Crippen LogP contribution in [0.25, 0.3) is 0 Å². The Hall–Kier alpha value is -0.690. The van der Waals surface area contributed by atoms with Gasteiger partial charge in [-0.05, 0) is 6.42 Å². The number of rotatable bonds is 10. The number of amides is 1. The van der Waals surface area contributed by atoms with Gasteiger partial charge in [-0.25, -0.2) is 0 Å². The van der Waals surface area contributed by atoms with Gasteiger partial charge in [0.15, 0.2) is 0 Å². The van der Waals surface area contributed by atoms with Gasteiger partial charge in [-0.2, -0.15) is 0 Å². The molecule has 1 aliphatic rings. The van der Waals surface area contributed by atoms with Crippen molar-refractivity contribution in [3.05, 3.63) is 0 Å². The monoisotopic (exact) mass is 287 g/mol. The molecule has 0 bridgehead atoms. The third-order valence-electron chi connectivity index (χ3n) is 3.55. The fraction of sp³-hybridized carbons (Fsp3) is 0.929. The van der Waals surface area contributed by atoms with Crippen molar-refractivity contribution in [3.63, 3.8) is 0 Å². The minimum Gasteiger partial charge on any atom is -0.385 e. The molecule has 6 heteroatoms. The van der Waals surface area contributed by atoms with Gasteiger partial charge in [0.05, 0.1) is 6.61 Å². The van der Waals surface area contributed by atoms with Gasteiger partial charge in [-0.1, -0.05) is 0 Å². The molecule has 1 amide bonds. The fourth-order valence-corrected chi connectivity index (χ4v) is 2.31. The van der Waals surface area contributed by atoms with Gasteiger partial charge in [-0.3, -0.25) is 4.79 Å². The van der Waals surface area contributed by atoms with Gasteiger partial charge in [0.25, 0.3) is 0 Å². The summed E-state index contributed by atoms with van der Waals surface area (Å²) < 4.78 is 10.2. The van der Waals surface area contributed by atoms with E-state index in [2.05, 4.69) is 10.2 Å². The predicted molar refractivity (Wildman–Crippen MR) is 78.9 cm³/mol. The highest BCUT2D eigenvalue weighted by atomic mass is 16.5. The Labute approximate surface area is 122 Å². The van der Waals surface area contributed by atoms with Crippen molar-refractivity contribution >= 4 is 5.91 Å². The first-order valence-corrected chi connectivity index (χ1v) is 7.46. The summed E-state index contributed by atoms with van der Waals surface area (Å²) in [5, 5.41) is 3.26. The zero-order valence-electron chi connectivity index (χ0n) is 12.9. The van der Waals surface area contributed by atoms with Crippen LogP contribution in [0, 0.1) is 0 Å². The fourth-order valence-electron chi connectivity index (χ4n) is 2.31. The minimum absolute atomic E-state index is 0.264. The van der Waals surface area contributed by atoms with Crippen LogP contribution >= 0.6 is 0 Å². The van der Waals surface area contributed by atoms with Gasteiger partial charge in [0.2, 0.25) is 5.91 Å². The largest absolute Gasteiger partial charge is 0.385 e. The SMILES string of the molecule is COCCCN(CCOC)CCC(=O)N1CCNCC1. The molecule has 1 fully saturated rings. The number of ether oxygens (including phenoxy) is 2. The predicted octanol–water partition coefficient (Wildman–Crippen LogP) is -0.207. The highest BCUT2D eigenvalue weighted by molar-refractivity contribution is 5.76. The van der Waals surface area contributed by atoms with E-state index >= 15 is 0 Å². The summed E-state index contributed by atoms with van der Waals surface area (Å²) in [5.41, 5.74) is 0. The Bertz CT molecular complexity index is 258. The number of carbonyl (C=O) groups excluding carboxylic acids is 1. The van der Waals surface area contributed by atoms with Crippen LogP contribution in [0.3, 0.4) is 0 Å². The molecule has 1 N–H and O–H groups in total. The summed E-state index contributed by atoms with van der Waals surface area (Å²) >= 11 is 0. The molecule has 1 heterocycles. The quantitative estimate of drug-likeness (QED) is 0.564. The van der Waals surface area contributed by atoms with Crippen LogP contribution < -0.4 is 5.32 Å². The third-order valence-corrected chi connectivity index (χ3v) is 3.55. The van der Waals surface area contributed by atoms with Crippen molar-refractivity contribution in [2.75, 3.05) is 73.2 Å². The van der Waals surface area contributed by atoms with Crippen LogP contribution in [0.4, 0.5) is 0 Å². The van der Waals surface area contributed by atoms with Crippen LogP contribution in [0.1, 0.15) is 12.8 Å². The molecule has 0 aliphatic carbocycles. The molecule has 0 aromatic carbocycles. The molecular formula is C14H29N3O3. The Morgan fingerprint density at radius 1 is 1.10 bits per heavy atom. The zero-order valence-corrected chi connectivity index (χ0v) is 12.9. The van der Waals surface area contributed by atoms with E-state index in [1.54, 1.807) is 14.2 Å². The van der Waals surface area contributed by atoms with Crippen LogP contribution in [0.2, 0.25) is 0 Å². The molecule has 1 rings (SSSR count). The van der Waals surface area contributed by atoms with Crippen molar-refractivity contribution in [2.45, 2.75) is 12.8 Å². The summed E-state index contributed by atoms with van der Waals surface area (Å²) in [4.78, 5) is 16.4. The third kappa shape index (κ3) is 7.19. The maximum absolute atomic E-state index is 12.1. The standard InChI is InChI=1S/C14H29N3O3/c1-19-12-3-7-16(11-13-20-2)8-4-14(18)17-9-5-15-6-10-17/h15H,3-13H2,1-2H3. The van der Waals surface area contributed by atoms with Crippen LogP contribution in [0.5, 0.6) is 0 Å². The maximum atomic E-state index is 12.1. The molecule has 0 spiro atoms. The number of hydrogen-bond donors (Lipinski definition) is 1. The topological polar surface area (TPSA) is 54.0 Å². The van der Waals surface area contributed by atoms with Crippen molar-refractivity contribution < 1.29 is 14.3 Å². The van der Waals surface area contributed by atoms with E-state index in [1.165, 1.54) is 0 Å². The second-order valence-electron chi connectivity index (χ2n) is 5.06. The molecule has 1 saturated heterocycles. The van der Waals surface area contributed by atoms with Crippen molar-refractivity contribution in [1.82, 2.24) is 15.1 Å². The van der Waals surface area contributed by atoms with Gasteiger partial charge in [-0.15, -0.1) is 0 Å². The number of piperazine rings is 1. The first kappa shape index (κ1) is 17.4. The lowest BCUT2D eigenvalue weighted by atomic mass is 10.2. The lowest BCUT2D eigenvalue weighted by molar-refractivity contribution is -0.132. The Morgan fingerprint density at radius 3 is 2.45 bits per heavy atom. The van der Waals surface area contributed by atoms with E-state index in [4.69, 9.17) is 9.47 Å². The summed E-state index contributed by atoms with van der Waals surface area (Å²) in [6.07, 6.45) is 1.58. The van der Waals surface area contributed by atoms with Crippen molar-refractivity contribution in [2.24, 2.45) is 0 Å². The Balaban J connectivity index is 2.25. The number of nitrogens with zero attached hydrogens (tertiary/aromatic N) is 2. The number of methoxy groups -OCH3 is 2. The van der Waals surface area contributed by atoms with Crippen LogP contribution in [-0.4, -0.2) is 89.0 Å². The van der Waals surface area contributed by atoms with E-state index in [1.807, 2.05) is 4.90 Å². The molecule has 0 unspecified atom stereocenters. The summed E-state index contributed by atoms with van der Waals surface area (Å²) in [6, 6.07) is 0. The van der Waals surface area contributed by atoms with E-state index in [-0.39, 0.29) is 5.91 Å². The molecule has 0 aromatic heterocycles. The second kappa shape index (κ2) is 11.0. The summed E-state index contributed by atoms with van der Waals surface area (Å²) in [7, 11) is 3.42. The average Bonchev–Trinajstić information content (AvgIpc) is 2.50. The summed E-state index contributed by atoms with van der Waals surface area (Å²) in [6.45, 7) is 7.57. The first-order valence-electron chi connectivity index (χ1n) is 7.46. The number of hydrogen-bond acceptors (Lipinski definition) is 5. The normalized spacial score (nSPS) is 15.8. The molecular weight excluding hydrogens is 258 g/mol. The highest BCUT2D eigenvalue weighted by Crippen LogP contribution is 2.01. The zero-order chi connectivity index (χ0) is 14.6. The molecule has 1 aliphatic heterocycles. The van der Waals surface area contributed by atoms with Gasteiger partial charge in [0, 0.05) is 73.1 Å². The molecule has 0 atom stereocenters. The van der Waals surface area contributed by atoms with Gasteiger partial charge < -0.3 is 24.6 Å². The molecule has 0 saturated carbocycles. The van der Waals surface area contributed by atoms with Crippen molar-refractivity contribution in [3.8, 4) is 0 Å². The Morgan fingerprint density at radius 2 is 1.80 bits per heavy atom. The van der Waals surface area contributed by atoms with Crippen molar-refractivity contribution in [1.29, 1.82) is 0 Å². The van der Waals surface area contributed by atoms with Gasteiger partial charge in [0.1, 0.15) is 0 Å². The smallest absolute Gasteiger partial charge is 0.223 e. The minimum atomic E-state index is 0.264. The Kier molecular flexibility index (Phi) is 9.57. The van der Waals surface area contributed by atoms with Crippen LogP contribution in [-0.2, 0) is 14.3 Å². The second-order valence-corrected chi connectivity index (χ2v) is 5.06.